The molecule has 0 aliphatic carbocycles. The van der Waals surface area contributed by atoms with Crippen molar-refractivity contribution in [2.24, 2.45) is 0 Å². The Morgan fingerprint density at radius 3 is 2.83 bits per heavy atom. The molecule has 0 heterocycles. The molecule has 0 saturated carbocycles. The first-order chi connectivity index (χ1) is 5.70. The molecular weight excluding hydrogens is 154 g/mol. The highest BCUT2D eigenvalue weighted by molar-refractivity contribution is 5.66. The molecule has 0 aliphatic heterocycles. The van der Waals surface area contributed by atoms with Crippen LogP contribution in [0.25, 0.3) is 0 Å². The zero-order valence-corrected chi connectivity index (χ0v) is 7.41. The SMILES string of the molecule is CCCC=CC(C#N)OC(C)=O. The number of carbonyl (C=O) groups is 1. The number of nitrogens with zero attached hydrogens (tertiary/aromatic N) is 1. The average Bonchev–Trinajstić information content (AvgIpc) is 2.02. The van der Waals surface area contributed by atoms with Crippen LogP contribution in [0.4, 0.5) is 0 Å². The lowest BCUT2D eigenvalue weighted by molar-refractivity contribution is -0.142. The largest absolute Gasteiger partial charge is 0.443 e. The van der Waals surface area contributed by atoms with Crippen molar-refractivity contribution in [3.05, 3.63) is 12.2 Å². The van der Waals surface area contributed by atoms with E-state index in [4.69, 9.17) is 5.26 Å². The van der Waals surface area contributed by atoms with E-state index in [1.165, 1.54) is 6.92 Å². The summed E-state index contributed by atoms with van der Waals surface area (Å²) in [7, 11) is 0. The quantitative estimate of drug-likeness (QED) is 0.474. The zero-order chi connectivity index (χ0) is 9.40. The number of esters is 1. The lowest BCUT2D eigenvalue weighted by Gasteiger charge is -2.02. The number of unbranched alkanes of at least 4 members (excludes halogenated alkanes) is 1. The third-order valence-corrected chi connectivity index (χ3v) is 1.19. The fourth-order valence-electron chi connectivity index (χ4n) is 0.674. The van der Waals surface area contributed by atoms with Crippen LogP contribution in [0.5, 0.6) is 0 Å². The number of carbonyl (C=O) groups excluding carboxylic acids is 1. The zero-order valence-electron chi connectivity index (χ0n) is 7.41. The summed E-state index contributed by atoms with van der Waals surface area (Å²) in [6.45, 7) is 3.33. The molecular formula is C9H13NO2. The van der Waals surface area contributed by atoms with Gasteiger partial charge in [-0.3, -0.25) is 4.79 Å². The second kappa shape index (κ2) is 6.41. The molecule has 0 bridgehead atoms. The number of hydrogen-bond acceptors (Lipinski definition) is 3. The Labute approximate surface area is 72.6 Å². The molecule has 0 fully saturated rings. The van der Waals surface area contributed by atoms with Gasteiger partial charge in [-0.05, 0) is 12.5 Å². The Kier molecular flexibility index (Phi) is 5.72. The molecule has 0 aromatic carbocycles. The fourth-order valence-corrected chi connectivity index (χ4v) is 0.674. The summed E-state index contributed by atoms with van der Waals surface area (Å²) in [6, 6.07) is 1.86. The van der Waals surface area contributed by atoms with E-state index in [2.05, 4.69) is 4.74 Å². The first kappa shape index (κ1) is 10.7. The fraction of sp³-hybridized carbons (Fsp3) is 0.556. The van der Waals surface area contributed by atoms with Gasteiger partial charge in [-0.15, -0.1) is 0 Å². The molecule has 0 radical (unpaired) electrons. The minimum absolute atomic E-state index is 0.428. The van der Waals surface area contributed by atoms with Gasteiger partial charge in [0.25, 0.3) is 0 Å². The van der Waals surface area contributed by atoms with E-state index in [1.54, 1.807) is 6.08 Å². The van der Waals surface area contributed by atoms with Crippen molar-refractivity contribution in [1.82, 2.24) is 0 Å². The van der Waals surface area contributed by atoms with Gasteiger partial charge in [-0.25, -0.2) is 0 Å². The molecule has 0 rings (SSSR count). The summed E-state index contributed by atoms with van der Waals surface area (Å²) in [5.41, 5.74) is 0. The van der Waals surface area contributed by atoms with Crippen LogP contribution < -0.4 is 0 Å². The average molecular weight is 167 g/mol. The first-order valence-electron chi connectivity index (χ1n) is 3.94. The molecule has 0 N–H and O–H groups in total. The maximum absolute atomic E-state index is 10.4. The normalized spacial score (nSPS) is 12.4. The molecule has 1 unspecified atom stereocenters. The van der Waals surface area contributed by atoms with E-state index in [-0.39, 0.29) is 0 Å². The molecule has 12 heavy (non-hydrogen) atoms. The monoisotopic (exact) mass is 167 g/mol. The summed E-state index contributed by atoms with van der Waals surface area (Å²) in [5.74, 6) is -0.428. The third kappa shape index (κ3) is 5.48. The number of nitriles is 1. The molecule has 0 spiro atoms. The summed E-state index contributed by atoms with van der Waals surface area (Å²) >= 11 is 0. The van der Waals surface area contributed by atoms with Crippen molar-refractivity contribution in [3.8, 4) is 6.07 Å². The van der Waals surface area contributed by atoms with E-state index in [9.17, 15) is 4.79 Å². The first-order valence-corrected chi connectivity index (χ1v) is 3.94. The van der Waals surface area contributed by atoms with Crippen molar-refractivity contribution in [2.75, 3.05) is 0 Å². The van der Waals surface area contributed by atoms with Crippen LogP contribution in [0, 0.1) is 11.3 Å². The number of hydrogen-bond donors (Lipinski definition) is 0. The van der Waals surface area contributed by atoms with Gasteiger partial charge in [0.15, 0.2) is 0 Å². The van der Waals surface area contributed by atoms with Crippen molar-refractivity contribution in [2.45, 2.75) is 32.8 Å². The van der Waals surface area contributed by atoms with Crippen LogP contribution in [0.15, 0.2) is 12.2 Å². The standard InChI is InChI=1S/C9H13NO2/c1-3-4-5-6-9(7-10)12-8(2)11/h5-6,9H,3-4H2,1-2H3. The molecule has 0 aromatic heterocycles. The Bertz CT molecular complexity index is 203. The minimum atomic E-state index is -0.728. The Hall–Kier alpha value is -1.30. The smallest absolute Gasteiger partial charge is 0.304 e. The van der Waals surface area contributed by atoms with Crippen LogP contribution >= 0.6 is 0 Å². The minimum Gasteiger partial charge on any atom is -0.443 e. The van der Waals surface area contributed by atoms with Crippen molar-refractivity contribution in [3.63, 3.8) is 0 Å². The molecule has 0 saturated heterocycles. The molecule has 0 amide bonds. The molecule has 66 valence electrons. The number of ether oxygens (including phenoxy) is 1. The van der Waals surface area contributed by atoms with Gasteiger partial charge < -0.3 is 4.74 Å². The lowest BCUT2D eigenvalue weighted by Crippen LogP contribution is -2.10. The molecule has 1 atom stereocenters. The van der Waals surface area contributed by atoms with Gasteiger partial charge in [0.1, 0.15) is 6.07 Å². The van der Waals surface area contributed by atoms with Crippen molar-refractivity contribution in [1.29, 1.82) is 5.26 Å². The highest BCUT2D eigenvalue weighted by Crippen LogP contribution is 1.96. The van der Waals surface area contributed by atoms with Crippen LogP contribution in [0.1, 0.15) is 26.7 Å². The molecule has 0 aromatic rings. The predicted molar refractivity (Wildman–Crippen MR) is 45.2 cm³/mol. The summed E-state index contributed by atoms with van der Waals surface area (Å²) in [5, 5.41) is 8.50. The van der Waals surface area contributed by atoms with Crippen LogP contribution in [-0.4, -0.2) is 12.1 Å². The van der Waals surface area contributed by atoms with E-state index >= 15 is 0 Å². The Morgan fingerprint density at radius 2 is 2.42 bits per heavy atom. The molecule has 0 aliphatic rings. The summed E-state index contributed by atoms with van der Waals surface area (Å²) < 4.78 is 4.66. The maximum atomic E-state index is 10.4. The molecule has 3 nitrogen and oxygen atoms in total. The highest BCUT2D eigenvalue weighted by atomic mass is 16.5. The second-order valence-corrected chi connectivity index (χ2v) is 2.38. The topological polar surface area (TPSA) is 50.1 Å². The third-order valence-electron chi connectivity index (χ3n) is 1.19. The number of rotatable bonds is 4. The van der Waals surface area contributed by atoms with Gasteiger partial charge in [0, 0.05) is 6.92 Å². The van der Waals surface area contributed by atoms with Crippen molar-refractivity contribution >= 4 is 5.97 Å². The Morgan fingerprint density at radius 1 is 1.75 bits per heavy atom. The van der Waals surface area contributed by atoms with Gasteiger partial charge in [-0.1, -0.05) is 19.4 Å². The van der Waals surface area contributed by atoms with Crippen LogP contribution in [-0.2, 0) is 9.53 Å². The number of allylic oxidation sites excluding steroid dienone is 1. The van der Waals surface area contributed by atoms with Crippen LogP contribution in [0.3, 0.4) is 0 Å². The van der Waals surface area contributed by atoms with E-state index in [0.29, 0.717) is 0 Å². The van der Waals surface area contributed by atoms with Crippen LogP contribution in [0.2, 0.25) is 0 Å². The van der Waals surface area contributed by atoms with Gasteiger partial charge in [-0.2, -0.15) is 5.26 Å². The van der Waals surface area contributed by atoms with Crippen molar-refractivity contribution < 1.29 is 9.53 Å². The van der Waals surface area contributed by atoms with E-state index < -0.39 is 12.1 Å². The van der Waals surface area contributed by atoms with Gasteiger partial charge >= 0.3 is 5.97 Å². The second-order valence-electron chi connectivity index (χ2n) is 2.38. The lowest BCUT2D eigenvalue weighted by atomic mass is 10.2. The van der Waals surface area contributed by atoms with Gasteiger partial charge in [0.2, 0.25) is 6.10 Å². The molecule has 3 heteroatoms. The Balaban J connectivity index is 3.84. The summed E-state index contributed by atoms with van der Waals surface area (Å²) in [4.78, 5) is 10.4. The highest BCUT2D eigenvalue weighted by Gasteiger charge is 2.04. The predicted octanol–water partition coefficient (Wildman–Crippen LogP) is 1.80. The van der Waals surface area contributed by atoms with E-state index in [1.807, 2.05) is 19.1 Å². The van der Waals surface area contributed by atoms with Gasteiger partial charge in [0.05, 0.1) is 0 Å². The maximum Gasteiger partial charge on any atom is 0.304 e. The summed E-state index contributed by atoms with van der Waals surface area (Å²) in [6.07, 6.45) is 4.64. The van der Waals surface area contributed by atoms with E-state index in [0.717, 1.165) is 12.8 Å².